The summed E-state index contributed by atoms with van der Waals surface area (Å²) in [6.07, 6.45) is 2.66. The summed E-state index contributed by atoms with van der Waals surface area (Å²) in [5.41, 5.74) is 0. The van der Waals surface area contributed by atoms with Gasteiger partial charge in [-0.25, -0.2) is 0 Å². The molecule has 1 heterocycles. The summed E-state index contributed by atoms with van der Waals surface area (Å²) < 4.78 is 0. The van der Waals surface area contributed by atoms with Gasteiger partial charge in [-0.15, -0.1) is 6.58 Å². The fourth-order valence-electron chi connectivity index (χ4n) is 6.01. The molecule has 1 aliphatic rings. The van der Waals surface area contributed by atoms with Crippen molar-refractivity contribution in [1.82, 2.24) is 36.8 Å². The Morgan fingerprint density at radius 3 is 1.71 bits per heavy atom. The second kappa shape index (κ2) is 23.7. The molecule has 1 unspecified atom stereocenters. The molecule has 1 aliphatic heterocycles. The zero-order valence-corrected chi connectivity index (χ0v) is 33.5. The Bertz CT molecular complexity index is 1450. The van der Waals surface area contributed by atoms with E-state index in [1.165, 1.54) is 31.7 Å². The van der Waals surface area contributed by atoms with Crippen LogP contribution in [0.15, 0.2) is 12.7 Å². The van der Waals surface area contributed by atoms with Crippen molar-refractivity contribution in [3.05, 3.63) is 12.7 Å². The standard InChI is InChI=1S/C38H61N7O10/c1-10-13-26(32(49)37(54)39-19-11-2)41-35(52)29-14-12-20-45(29)38(55)31(22(5)6)44-36(53)30(21(3)4)43-34(51)28(18-16-24(8)47)42-33(50)27(40-25(9)48)17-15-23(7)46/h11,21-22,26-31H,2,10,12-20H2,1,3-9H3,(H,39,54)(H,40,48)(H,41,52)(H,42,50)(H,43,51)(H,44,53)/t26?,27-,28-,29-,30-,31-/m0/s1. The second-order valence-corrected chi connectivity index (χ2v) is 14.7. The van der Waals surface area contributed by atoms with Gasteiger partial charge >= 0.3 is 0 Å². The van der Waals surface area contributed by atoms with Crippen LogP contribution < -0.4 is 31.9 Å². The van der Waals surface area contributed by atoms with Crippen LogP contribution in [0.5, 0.6) is 0 Å². The lowest BCUT2D eigenvalue weighted by Gasteiger charge is -2.33. The highest BCUT2D eigenvalue weighted by atomic mass is 16.2. The van der Waals surface area contributed by atoms with E-state index in [1.807, 2.05) is 0 Å². The molecule has 0 aromatic heterocycles. The Hall–Kier alpha value is -4.96. The van der Waals surface area contributed by atoms with Crippen molar-refractivity contribution in [1.29, 1.82) is 0 Å². The quantitative estimate of drug-likeness (QED) is 0.0572. The second-order valence-electron chi connectivity index (χ2n) is 14.7. The third-order valence-electron chi connectivity index (χ3n) is 9.05. The van der Waals surface area contributed by atoms with Crippen LogP contribution in [0.2, 0.25) is 0 Å². The number of carbonyl (C=O) groups is 10. The van der Waals surface area contributed by atoms with E-state index in [1.54, 1.807) is 34.6 Å². The minimum Gasteiger partial charge on any atom is -0.346 e. The van der Waals surface area contributed by atoms with Crippen LogP contribution >= 0.6 is 0 Å². The van der Waals surface area contributed by atoms with Gasteiger partial charge in [0.2, 0.25) is 41.2 Å². The van der Waals surface area contributed by atoms with Crippen molar-refractivity contribution in [2.75, 3.05) is 13.1 Å². The maximum Gasteiger partial charge on any atom is 0.289 e. The Morgan fingerprint density at radius 2 is 1.22 bits per heavy atom. The van der Waals surface area contributed by atoms with Gasteiger partial charge in [0.15, 0.2) is 0 Å². The molecule has 1 rings (SSSR count). The minimum absolute atomic E-state index is 0.00888. The smallest absolute Gasteiger partial charge is 0.289 e. The molecule has 1 saturated heterocycles. The Morgan fingerprint density at radius 1 is 0.691 bits per heavy atom. The molecular formula is C38H61N7O10. The van der Waals surface area contributed by atoms with Gasteiger partial charge in [-0.2, -0.15) is 0 Å². The van der Waals surface area contributed by atoms with Crippen molar-refractivity contribution in [2.45, 2.75) is 143 Å². The molecule has 55 heavy (non-hydrogen) atoms. The summed E-state index contributed by atoms with van der Waals surface area (Å²) in [5, 5.41) is 15.5. The highest BCUT2D eigenvalue weighted by molar-refractivity contribution is 6.38. The molecule has 0 radical (unpaired) electrons. The fourth-order valence-corrected chi connectivity index (χ4v) is 6.01. The van der Waals surface area contributed by atoms with Crippen LogP contribution in [0.1, 0.15) is 107 Å². The summed E-state index contributed by atoms with van der Waals surface area (Å²) in [6, 6.07) is -6.80. The van der Waals surface area contributed by atoms with E-state index in [0.717, 1.165) is 0 Å². The monoisotopic (exact) mass is 775 g/mol. The summed E-state index contributed by atoms with van der Waals surface area (Å²) >= 11 is 0. The summed E-state index contributed by atoms with van der Waals surface area (Å²) in [5.74, 6) is -7.02. The van der Waals surface area contributed by atoms with Gasteiger partial charge in [-0.3, -0.25) is 38.4 Å². The number of hydrogen-bond donors (Lipinski definition) is 6. The SMILES string of the molecule is C=CCNC(=O)C(=O)C(CCC)NC(=O)[C@@H]1CCCN1C(=O)[C@@H](NC(=O)[C@@H](NC(=O)[C@H](CCC(C)=O)NC(=O)[C@H](CCC(C)=O)NC(C)=O)C(C)C)C(C)C. The van der Waals surface area contributed by atoms with Crippen LogP contribution in [0.25, 0.3) is 0 Å². The van der Waals surface area contributed by atoms with E-state index in [9.17, 15) is 47.9 Å². The fraction of sp³-hybridized carbons (Fsp3) is 0.684. The first-order valence-electron chi connectivity index (χ1n) is 19.0. The third kappa shape index (κ3) is 16.1. The van der Waals surface area contributed by atoms with Crippen molar-refractivity contribution in [2.24, 2.45) is 11.8 Å². The van der Waals surface area contributed by atoms with Gasteiger partial charge in [-0.1, -0.05) is 47.1 Å². The summed E-state index contributed by atoms with van der Waals surface area (Å²) in [6.45, 7) is 16.2. The largest absolute Gasteiger partial charge is 0.346 e. The molecule has 17 nitrogen and oxygen atoms in total. The number of Topliss-reactive ketones (excluding diaryl/α,β-unsaturated/α-hetero) is 3. The normalized spacial score (nSPS) is 16.5. The van der Waals surface area contributed by atoms with Gasteiger partial charge in [0.25, 0.3) is 5.91 Å². The topological polar surface area (TPSA) is 246 Å². The molecule has 0 aromatic rings. The van der Waals surface area contributed by atoms with Gasteiger partial charge in [0.1, 0.15) is 41.8 Å². The van der Waals surface area contributed by atoms with Gasteiger partial charge in [0.05, 0.1) is 6.04 Å². The number of likely N-dealkylation sites (tertiary alicyclic amines) is 1. The Labute approximate surface area is 323 Å². The van der Waals surface area contributed by atoms with E-state index in [-0.39, 0.29) is 56.8 Å². The summed E-state index contributed by atoms with van der Waals surface area (Å²) in [7, 11) is 0. The van der Waals surface area contributed by atoms with E-state index in [0.29, 0.717) is 19.3 Å². The first kappa shape index (κ1) is 48.1. The number of amides is 7. The highest BCUT2D eigenvalue weighted by Crippen LogP contribution is 2.21. The number of hydrogen-bond acceptors (Lipinski definition) is 10. The molecule has 1 fully saturated rings. The van der Waals surface area contributed by atoms with E-state index >= 15 is 0 Å². The molecule has 0 bridgehead atoms. The number of nitrogens with zero attached hydrogens (tertiary/aromatic N) is 1. The van der Waals surface area contributed by atoms with Crippen LogP contribution in [0.4, 0.5) is 0 Å². The predicted octanol–water partition coefficient (Wildman–Crippen LogP) is 0.143. The first-order chi connectivity index (χ1) is 25.7. The van der Waals surface area contributed by atoms with Gasteiger partial charge < -0.3 is 46.4 Å². The van der Waals surface area contributed by atoms with Crippen molar-refractivity contribution >= 4 is 58.7 Å². The molecule has 308 valence electrons. The van der Waals surface area contributed by atoms with E-state index in [2.05, 4.69) is 38.5 Å². The van der Waals surface area contributed by atoms with Gasteiger partial charge in [0, 0.05) is 32.9 Å². The molecule has 0 aliphatic carbocycles. The van der Waals surface area contributed by atoms with E-state index < -0.39 is 95.2 Å². The third-order valence-corrected chi connectivity index (χ3v) is 9.05. The average molecular weight is 776 g/mol. The molecular weight excluding hydrogens is 714 g/mol. The predicted molar refractivity (Wildman–Crippen MR) is 203 cm³/mol. The highest BCUT2D eigenvalue weighted by Gasteiger charge is 2.41. The molecule has 6 atom stereocenters. The Kier molecular flexibility index (Phi) is 20.7. The lowest BCUT2D eigenvalue weighted by Crippen LogP contribution is -2.61. The maximum atomic E-state index is 14.0. The number of rotatable bonds is 24. The van der Waals surface area contributed by atoms with Crippen molar-refractivity contribution in [3.63, 3.8) is 0 Å². The molecule has 0 aromatic carbocycles. The summed E-state index contributed by atoms with van der Waals surface area (Å²) in [4.78, 5) is 130. The molecule has 17 heteroatoms. The zero-order valence-electron chi connectivity index (χ0n) is 33.5. The molecule has 6 N–H and O–H groups in total. The van der Waals surface area contributed by atoms with Crippen LogP contribution in [0.3, 0.4) is 0 Å². The molecule has 7 amide bonds. The van der Waals surface area contributed by atoms with Crippen molar-refractivity contribution < 1.29 is 47.9 Å². The minimum atomic E-state index is -1.29. The number of carbonyl (C=O) groups excluding carboxylic acids is 10. The maximum absolute atomic E-state index is 14.0. The average Bonchev–Trinajstić information content (AvgIpc) is 3.60. The van der Waals surface area contributed by atoms with Crippen LogP contribution in [0, 0.1) is 11.8 Å². The number of ketones is 3. The lowest BCUT2D eigenvalue weighted by molar-refractivity contribution is -0.144. The lowest BCUT2D eigenvalue weighted by atomic mass is 9.98. The van der Waals surface area contributed by atoms with Crippen LogP contribution in [-0.4, -0.2) is 113 Å². The van der Waals surface area contributed by atoms with Crippen molar-refractivity contribution in [3.8, 4) is 0 Å². The molecule has 0 saturated carbocycles. The first-order valence-corrected chi connectivity index (χ1v) is 19.0. The van der Waals surface area contributed by atoms with E-state index in [4.69, 9.17) is 0 Å². The zero-order chi connectivity index (χ0) is 42.0. The molecule has 0 spiro atoms. The Balaban J connectivity index is 3.22. The van der Waals surface area contributed by atoms with Gasteiger partial charge in [-0.05, 0) is 57.8 Å². The van der Waals surface area contributed by atoms with Crippen LogP contribution in [-0.2, 0) is 47.9 Å². The number of nitrogens with one attached hydrogen (secondary N) is 6.